The highest BCUT2D eigenvalue weighted by atomic mass is 19.4. The van der Waals surface area contributed by atoms with Crippen LogP contribution in [0.15, 0.2) is 18.2 Å². The summed E-state index contributed by atoms with van der Waals surface area (Å²) in [6, 6.07) is 3.56. The molecule has 0 spiro atoms. The molecule has 1 heterocycles. The molecule has 1 saturated heterocycles. The van der Waals surface area contributed by atoms with Crippen LogP contribution in [-0.4, -0.2) is 56.4 Å². The van der Waals surface area contributed by atoms with E-state index >= 15 is 0 Å². The molecule has 1 fully saturated rings. The first kappa shape index (κ1) is 25.6. The zero-order valence-corrected chi connectivity index (χ0v) is 18.7. The number of amides is 1. The summed E-state index contributed by atoms with van der Waals surface area (Å²) in [6.45, 7) is 9.15. The standard InChI is InChI=1S/C21H29F3N2O6/c1-6-29-18(27)12-30-15-10-26(11-15)14-7-8-16(17(9-14)31-21(22,23)24)13(2)25-19(28)32-20(3,4)5/h7-9,13,15H,6,10-12H2,1-5H3,(H,25,28)/t13-/m0/s1. The Kier molecular flexibility index (Phi) is 8.22. The summed E-state index contributed by atoms with van der Waals surface area (Å²) in [5.74, 6) is -0.892. The van der Waals surface area contributed by atoms with Crippen LogP contribution in [0.4, 0.5) is 23.7 Å². The molecule has 0 unspecified atom stereocenters. The first-order valence-corrected chi connectivity index (χ1v) is 10.2. The van der Waals surface area contributed by atoms with Crippen LogP contribution in [0.2, 0.25) is 0 Å². The minimum atomic E-state index is -4.90. The number of carbonyl (C=O) groups excluding carboxylic acids is 2. The van der Waals surface area contributed by atoms with Crippen molar-refractivity contribution in [1.82, 2.24) is 5.32 Å². The molecule has 8 nitrogen and oxygen atoms in total. The Labute approximate surface area is 184 Å². The van der Waals surface area contributed by atoms with Gasteiger partial charge in [-0.1, -0.05) is 6.07 Å². The lowest BCUT2D eigenvalue weighted by atomic mass is 10.0. The number of nitrogens with one attached hydrogen (secondary N) is 1. The van der Waals surface area contributed by atoms with Gasteiger partial charge >= 0.3 is 18.4 Å². The van der Waals surface area contributed by atoms with Gasteiger partial charge in [-0.25, -0.2) is 9.59 Å². The maximum atomic E-state index is 13.0. The van der Waals surface area contributed by atoms with Crippen molar-refractivity contribution in [1.29, 1.82) is 0 Å². The molecule has 1 atom stereocenters. The van der Waals surface area contributed by atoms with E-state index < -0.39 is 35.8 Å². The van der Waals surface area contributed by atoms with Crippen LogP contribution >= 0.6 is 0 Å². The lowest BCUT2D eigenvalue weighted by Crippen LogP contribution is -2.52. The molecule has 0 saturated carbocycles. The summed E-state index contributed by atoms with van der Waals surface area (Å²) in [5.41, 5.74) is -0.108. The Morgan fingerprint density at radius 3 is 2.44 bits per heavy atom. The van der Waals surface area contributed by atoms with Gasteiger partial charge in [-0.2, -0.15) is 0 Å². The van der Waals surface area contributed by atoms with Crippen LogP contribution in [0.3, 0.4) is 0 Å². The highest BCUT2D eigenvalue weighted by Crippen LogP contribution is 2.35. The molecular formula is C21H29F3N2O6. The Bertz CT molecular complexity index is 804. The van der Waals surface area contributed by atoms with E-state index in [-0.39, 0.29) is 24.9 Å². The van der Waals surface area contributed by atoms with Gasteiger partial charge in [0.15, 0.2) is 0 Å². The predicted octanol–water partition coefficient (Wildman–Crippen LogP) is 3.94. The van der Waals surface area contributed by atoms with Crippen molar-refractivity contribution in [2.45, 2.75) is 58.7 Å². The Hall–Kier alpha value is -2.69. The fourth-order valence-corrected chi connectivity index (χ4v) is 3.00. The predicted molar refractivity (Wildman–Crippen MR) is 109 cm³/mol. The number of halogens is 3. The lowest BCUT2D eigenvalue weighted by Gasteiger charge is -2.40. The minimum Gasteiger partial charge on any atom is -0.464 e. The van der Waals surface area contributed by atoms with Crippen molar-refractivity contribution in [3.63, 3.8) is 0 Å². The molecule has 1 aliphatic rings. The molecule has 1 aliphatic heterocycles. The number of hydrogen-bond acceptors (Lipinski definition) is 7. The number of benzene rings is 1. The number of nitrogens with zero attached hydrogens (tertiary/aromatic N) is 1. The average Bonchev–Trinajstić information content (AvgIpc) is 2.57. The van der Waals surface area contributed by atoms with Crippen molar-refractivity contribution in [3.8, 4) is 5.75 Å². The second-order valence-electron chi connectivity index (χ2n) is 8.28. The normalized spacial score (nSPS) is 15.6. The number of alkyl carbamates (subject to hydrolysis) is 1. The molecule has 0 aliphatic carbocycles. The molecular weight excluding hydrogens is 433 g/mol. The summed E-state index contributed by atoms with van der Waals surface area (Å²) < 4.78 is 58.5. The van der Waals surface area contributed by atoms with E-state index in [0.717, 1.165) is 0 Å². The first-order chi connectivity index (χ1) is 14.8. The van der Waals surface area contributed by atoms with Crippen LogP contribution in [-0.2, 0) is 19.0 Å². The van der Waals surface area contributed by atoms with E-state index in [1.807, 2.05) is 0 Å². The summed E-state index contributed by atoms with van der Waals surface area (Å²) in [6.07, 6.45) is -5.89. The number of alkyl halides is 3. The van der Waals surface area contributed by atoms with Crippen molar-refractivity contribution >= 4 is 17.7 Å². The topological polar surface area (TPSA) is 86.3 Å². The van der Waals surface area contributed by atoms with E-state index in [1.165, 1.54) is 19.1 Å². The van der Waals surface area contributed by atoms with Gasteiger partial charge in [-0.15, -0.1) is 13.2 Å². The van der Waals surface area contributed by atoms with E-state index in [2.05, 4.69) is 10.1 Å². The molecule has 1 aromatic carbocycles. The smallest absolute Gasteiger partial charge is 0.464 e. The van der Waals surface area contributed by atoms with Crippen molar-refractivity contribution in [2.24, 2.45) is 0 Å². The molecule has 0 aromatic heterocycles. The molecule has 1 aromatic rings. The van der Waals surface area contributed by atoms with Crippen molar-refractivity contribution < 1.29 is 41.7 Å². The van der Waals surface area contributed by atoms with Crippen LogP contribution in [0.5, 0.6) is 5.75 Å². The summed E-state index contributed by atoms with van der Waals surface area (Å²) in [4.78, 5) is 25.1. The summed E-state index contributed by atoms with van der Waals surface area (Å²) in [5, 5.41) is 2.51. The van der Waals surface area contributed by atoms with Crippen molar-refractivity contribution in [2.75, 3.05) is 31.2 Å². The fraction of sp³-hybridized carbons (Fsp3) is 0.619. The Morgan fingerprint density at radius 2 is 1.88 bits per heavy atom. The van der Waals surface area contributed by atoms with Crippen LogP contribution in [0, 0.1) is 0 Å². The number of carbonyl (C=O) groups is 2. The largest absolute Gasteiger partial charge is 0.573 e. The maximum Gasteiger partial charge on any atom is 0.573 e. The molecule has 180 valence electrons. The van der Waals surface area contributed by atoms with Gasteiger partial charge in [0.1, 0.15) is 18.0 Å². The third-order valence-electron chi connectivity index (χ3n) is 4.38. The number of ether oxygens (including phenoxy) is 4. The highest BCUT2D eigenvalue weighted by molar-refractivity contribution is 5.70. The van der Waals surface area contributed by atoms with Crippen molar-refractivity contribution in [3.05, 3.63) is 23.8 Å². The molecule has 0 radical (unpaired) electrons. The number of anilines is 1. The zero-order valence-electron chi connectivity index (χ0n) is 18.7. The van der Waals surface area contributed by atoms with E-state index in [4.69, 9.17) is 14.2 Å². The van der Waals surface area contributed by atoms with Gasteiger partial charge in [0.05, 0.1) is 18.8 Å². The van der Waals surface area contributed by atoms with Crippen LogP contribution < -0.4 is 15.0 Å². The summed E-state index contributed by atoms with van der Waals surface area (Å²) in [7, 11) is 0. The zero-order chi connectivity index (χ0) is 24.1. The molecule has 0 bridgehead atoms. The van der Waals surface area contributed by atoms with Gasteiger partial charge in [0, 0.05) is 30.4 Å². The molecule has 1 N–H and O–H groups in total. The number of hydrogen-bond donors (Lipinski definition) is 1. The maximum absolute atomic E-state index is 13.0. The average molecular weight is 462 g/mol. The van der Waals surface area contributed by atoms with Crippen LogP contribution in [0.25, 0.3) is 0 Å². The van der Waals surface area contributed by atoms with Gasteiger partial charge in [0.25, 0.3) is 0 Å². The Morgan fingerprint density at radius 1 is 1.22 bits per heavy atom. The second kappa shape index (κ2) is 10.3. The Balaban J connectivity index is 2.07. The van der Waals surface area contributed by atoms with Gasteiger partial charge in [-0.05, 0) is 40.7 Å². The SMILES string of the molecule is CCOC(=O)COC1CN(c2ccc([C@H](C)NC(=O)OC(C)(C)C)c(OC(F)(F)F)c2)C1. The monoisotopic (exact) mass is 462 g/mol. The number of rotatable bonds is 8. The second-order valence-corrected chi connectivity index (χ2v) is 8.28. The van der Waals surface area contributed by atoms with E-state index in [9.17, 15) is 22.8 Å². The van der Waals surface area contributed by atoms with E-state index in [1.54, 1.807) is 38.7 Å². The molecule has 2 rings (SSSR count). The summed E-state index contributed by atoms with van der Waals surface area (Å²) >= 11 is 0. The fourth-order valence-electron chi connectivity index (χ4n) is 3.00. The molecule has 11 heteroatoms. The minimum absolute atomic E-state index is 0.146. The molecule has 1 amide bonds. The van der Waals surface area contributed by atoms with Gasteiger partial charge in [-0.3, -0.25) is 0 Å². The first-order valence-electron chi connectivity index (χ1n) is 10.2. The van der Waals surface area contributed by atoms with Gasteiger partial charge < -0.3 is 29.2 Å². The van der Waals surface area contributed by atoms with E-state index in [0.29, 0.717) is 18.8 Å². The molecule has 32 heavy (non-hydrogen) atoms. The van der Waals surface area contributed by atoms with Gasteiger partial charge in [0.2, 0.25) is 0 Å². The highest BCUT2D eigenvalue weighted by Gasteiger charge is 2.34. The third-order valence-corrected chi connectivity index (χ3v) is 4.38. The third kappa shape index (κ3) is 8.10. The number of esters is 1. The lowest BCUT2D eigenvalue weighted by molar-refractivity contribution is -0.274. The van der Waals surface area contributed by atoms with Crippen LogP contribution in [0.1, 0.15) is 46.2 Å². The quantitative estimate of drug-likeness (QED) is 0.586.